The van der Waals surface area contributed by atoms with E-state index in [1.807, 2.05) is 7.11 Å². The SMILES string of the molecule is COC1(C)CCCN(C2(CN)CCCOC2)C1. The molecule has 17 heavy (non-hydrogen) atoms. The Hall–Kier alpha value is -0.160. The average Bonchev–Trinajstić information content (AvgIpc) is 2.39. The average molecular weight is 242 g/mol. The Labute approximate surface area is 104 Å². The van der Waals surface area contributed by atoms with Crippen molar-refractivity contribution in [3.8, 4) is 0 Å². The van der Waals surface area contributed by atoms with E-state index in [-0.39, 0.29) is 11.1 Å². The van der Waals surface area contributed by atoms with Crippen LogP contribution in [0.3, 0.4) is 0 Å². The highest BCUT2D eigenvalue weighted by Crippen LogP contribution is 2.32. The van der Waals surface area contributed by atoms with Gasteiger partial charge in [0.15, 0.2) is 0 Å². The van der Waals surface area contributed by atoms with E-state index < -0.39 is 0 Å². The molecule has 0 bridgehead atoms. The van der Waals surface area contributed by atoms with Crippen molar-refractivity contribution in [1.29, 1.82) is 0 Å². The molecule has 2 N–H and O–H groups in total. The minimum atomic E-state index is -0.0160. The second kappa shape index (κ2) is 5.22. The predicted molar refractivity (Wildman–Crippen MR) is 68.1 cm³/mol. The van der Waals surface area contributed by atoms with E-state index >= 15 is 0 Å². The Morgan fingerprint density at radius 2 is 2.18 bits per heavy atom. The van der Waals surface area contributed by atoms with E-state index in [0.29, 0.717) is 6.54 Å². The molecule has 2 unspecified atom stereocenters. The van der Waals surface area contributed by atoms with Crippen molar-refractivity contribution in [3.05, 3.63) is 0 Å². The summed E-state index contributed by atoms with van der Waals surface area (Å²) in [5.74, 6) is 0. The minimum absolute atomic E-state index is 0.0160. The third-order valence-corrected chi connectivity index (χ3v) is 4.50. The molecule has 0 spiro atoms. The van der Waals surface area contributed by atoms with Crippen molar-refractivity contribution in [2.75, 3.05) is 40.0 Å². The maximum Gasteiger partial charge on any atom is 0.0777 e. The maximum atomic E-state index is 6.04. The maximum absolute atomic E-state index is 6.04. The molecule has 2 fully saturated rings. The number of nitrogens with zero attached hydrogens (tertiary/aromatic N) is 1. The molecule has 2 rings (SSSR count). The van der Waals surface area contributed by atoms with Gasteiger partial charge in [-0.3, -0.25) is 4.90 Å². The predicted octanol–water partition coefficient (Wildman–Crippen LogP) is 0.995. The molecule has 4 nitrogen and oxygen atoms in total. The number of likely N-dealkylation sites (tertiary alicyclic amines) is 1. The zero-order valence-corrected chi connectivity index (χ0v) is 11.2. The van der Waals surface area contributed by atoms with Gasteiger partial charge < -0.3 is 15.2 Å². The summed E-state index contributed by atoms with van der Waals surface area (Å²) in [7, 11) is 1.82. The standard InChI is InChI=1S/C13H26N2O2/c1-12(16-2)5-3-7-15(10-12)13(9-14)6-4-8-17-11-13/h3-11,14H2,1-2H3. The lowest BCUT2D eigenvalue weighted by molar-refractivity contribution is -0.112. The van der Waals surface area contributed by atoms with Crippen molar-refractivity contribution in [2.24, 2.45) is 5.73 Å². The lowest BCUT2D eigenvalue weighted by Gasteiger charge is -2.51. The topological polar surface area (TPSA) is 47.7 Å². The van der Waals surface area contributed by atoms with Gasteiger partial charge in [0, 0.05) is 26.8 Å². The molecule has 100 valence electrons. The Morgan fingerprint density at radius 3 is 2.76 bits per heavy atom. The zero-order valence-electron chi connectivity index (χ0n) is 11.2. The molecule has 4 heteroatoms. The minimum Gasteiger partial charge on any atom is -0.379 e. The number of nitrogens with two attached hydrogens (primary N) is 1. The lowest BCUT2D eigenvalue weighted by Crippen LogP contribution is -2.63. The van der Waals surface area contributed by atoms with E-state index in [0.717, 1.165) is 45.6 Å². The van der Waals surface area contributed by atoms with Crippen LogP contribution < -0.4 is 5.73 Å². The van der Waals surface area contributed by atoms with Gasteiger partial charge in [0.2, 0.25) is 0 Å². The Balaban J connectivity index is 2.08. The first kappa shape index (κ1) is 13.3. The highest BCUT2D eigenvalue weighted by molar-refractivity contribution is 4.98. The summed E-state index contributed by atoms with van der Waals surface area (Å²) in [6.07, 6.45) is 4.61. The summed E-state index contributed by atoms with van der Waals surface area (Å²) in [6, 6.07) is 0. The van der Waals surface area contributed by atoms with Gasteiger partial charge in [-0.15, -0.1) is 0 Å². The van der Waals surface area contributed by atoms with Gasteiger partial charge in [0.1, 0.15) is 0 Å². The van der Waals surface area contributed by atoms with Gasteiger partial charge in [-0.25, -0.2) is 0 Å². The molecule has 0 aromatic heterocycles. The summed E-state index contributed by atoms with van der Waals surface area (Å²) in [6.45, 7) is 6.66. The third kappa shape index (κ3) is 2.65. The van der Waals surface area contributed by atoms with Crippen molar-refractivity contribution in [2.45, 2.75) is 43.7 Å². The molecule has 0 aromatic rings. The number of hydrogen-bond donors (Lipinski definition) is 1. The van der Waals surface area contributed by atoms with Crippen LogP contribution in [-0.2, 0) is 9.47 Å². The number of hydrogen-bond acceptors (Lipinski definition) is 4. The molecule has 2 aliphatic rings. The highest BCUT2D eigenvalue weighted by Gasteiger charge is 2.43. The number of methoxy groups -OCH3 is 1. The molecular formula is C13H26N2O2. The van der Waals surface area contributed by atoms with E-state index in [9.17, 15) is 0 Å². The van der Waals surface area contributed by atoms with E-state index in [1.54, 1.807) is 0 Å². The normalized spacial score (nSPS) is 40.4. The van der Waals surface area contributed by atoms with Crippen molar-refractivity contribution in [3.63, 3.8) is 0 Å². The van der Waals surface area contributed by atoms with Crippen LogP contribution in [0.4, 0.5) is 0 Å². The lowest BCUT2D eigenvalue weighted by atomic mass is 9.85. The van der Waals surface area contributed by atoms with Gasteiger partial charge in [-0.1, -0.05) is 0 Å². The van der Waals surface area contributed by atoms with Crippen molar-refractivity contribution >= 4 is 0 Å². The second-order valence-corrected chi connectivity index (χ2v) is 5.76. The second-order valence-electron chi connectivity index (χ2n) is 5.76. The molecule has 2 atom stereocenters. The summed E-state index contributed by atoms with van der Waals surface area (Å²) >= 11 is 0. The molecular weight excluding hydrogens is 216 g/mol. The number of ether oxygens (including phenoxy) is 2. The van der Waals surface area contributed by atoms with Crippen LogP contribution in [0.5, 0.6) is 0 Å². The summed E-state index contributed by atoms with van der Waals surface area (Å²) in [4.78, 5) is 2.51. The Bertz CT molecular complexity index is 254. The highest BCUT2D eigenvalue weighted by atomic mass is 16.5. The van der Waals surface area contributed by atoms with Gasteiger partial charge in [0.05, 0.1) is 17.7 Å². The largest absolute Gasteiger partial charge is 0.379 e. The number of rotatable bonds is 3. The molecule has 0 aliphatic carbocycles. The van der Waals surface area contributed by atoms with Gasteiger partial charge in [-0.05, 0) is 39.2 Å². The van der Waals surface area contributed by atoms with Gasteiger partial charge >= 0.3 is 0 Å². The smallest absolute Gasteiger partial charge is 0.0777 e. The quantitative estimate of drug-likeness (QED) is 0.802. The van der Waals surface area contributed by atoms with E-state index in [2.05, 4.69) is 11.8 Å². The van der Waals surface area contributed by atoms with E-state index in [1.165, 1.54) is 6.42 Å². The van der Waals surface area contributed by atoms with Crippen LogP contribution in [0.2, 0.25) is 0 Å². The van der Waals surface area contributed by atoms with Crippen LogP contribution in [0.1, 0.15) is 32.6 Å². The zero-order chi connectivity index (χ0) is 12.4. The van der Waals surface area contributed by atoms with Crippen molar-refractivity contribution < 1.29 is 9.47 Å². The van der Waals surface area contributed by atoms with Crippen LogP contribution in [-0.4, -0.2) is 56.0 Å². The summed E-state index contributed by atoms with van der Waals surface area (Å²) in [5, 5.41) is 0. The number of piperidine rings is 1. The van der Waals surface area contributed by atoms with E-state index in [4.69, 9.17) is 15.2 Å². The molecule has 0 radical (unpaired) electrons. The first-order chi connectivity index (χ1) is 8.14. The van der Waals surface area contributed by atoms with Crippen molar-refractivity contribution in [1.82, 2.24) is 4.90 Å². The molecule has 0 aromatic carbocycles. The fourth-order valence-corrected chi connectivity index (χ4v) is 3.15. The monoisotopic (exact) mass is 242 g/mol. The van der Waals surface area contributed by atoms with Gasteiger partial charge in [0.25, 0.3) is 0 Å². The fraction of sp³-hybridized carbons (Fsp3) is 1.00. The van der Waals surface area contributed by atoms with Gasteiger partial charge in [-0.2, -0.15) is 0 Å². The summed E-state index contributed by atoms with van der Waals surface area (Å²) in [5.41, 5.74) is 6.07. The Kier molecular flexibility index (Phi) is 4.08. The van der Waals surface area contributed by atoms with Crippen LogP contribution in [0.15, 0.2) is 0 Å². The molecule has 2 aliphatic heterocycles. The molecule has 0 amide bonds. The first-order valence-corrected chi connectivity index (χ1v) is 6.72. The Morgan fingerprint density at radius 1 is 1.35 bits per heavy atom. The molecule has 2 heterocycles. The first-order valence-electron chi connectivity index (χ1n) is 6.72. The van der Waals surface area contributed by atoms with Crippen LogP contribution in [0.25, 0.3) is 0 Å². The van der Waals surface area contributed by atoms with Crippen LogP contribution in [0, 0.1) is 0 Å². The third-order valence-electron chi connectivity index (χ3n) is 4.50. The summed E-state index contributed by atoms with van der Waals surface area (Å²) < 4.78 is 11.3. The molecule has 0 saturated carbocycles. The molecule has 2 saturated heterocycles. The fourth-order valence-electron chi connectivity index (χ4n) is 3.15. The van der Waals surface area contributed by atoms with Crippen LogP contribution >= 0.6 is 0 Å².